The molecule has 1 aromatic rings. The largest absolute Gasteiger partial charge is 0.496 e. The molecular formula is C17H23ClN2O3. The van der Waals surface area contributed by atoms with E-state index in [1.165, 1.54) is 0 Å². The van der Waals surface area contributed by atoms with Crippen LogP contribution in [-0.2, 0) is 0 Å². The lowest BCUT2D eigenvalue weighted by Crippen LogP contribution is -2.53. The van der Waals surface area contributed by atoms with Crippen molar-refractivity contribution in [1.29, 1.82) is 0 Å². The number of methoxy groups -OCH3 is 1. The first-order chi connectivity index (χ1) is 11.1. The van der Waals surface area contributed by atoms with Crippen molar-refractivity contribution in [2.24, 2.45) is 0 Å². The van der Waals surface area contributed by atoms with Gasteiger partial charge in [-0.1, -0.05) is 11.6 Å². The second-order valence-corrected chi connectivity index (χ2v) is 6.67. The molecule has 0 spiro atoms. The lowest BCUT2D eigenvalue weighted by Gasteiger charge is -2.39. The Labute approximate surface area is 141 Å². The van der Waals surface area contributed by atoms with Crippen molar-refractivity contribution in [2.75, 3.05) is 33.3 Å². The topological polar surface area (TPSA) is 53.0 Å². The van der Waals surface area contributed by atoms with Crippen molar-refractivity contribution in [2.45, 2.75) is 31.4 Å². The van der Waals surface area contributed by atoms with E-state index in [1.807, 2.05) is 4.90 Å². The maximum Gasteiger partial charge on any atom is 0.257 e. The summed E-state index contributed by atoms with van der Waals surface area (Å²) in [5, 5.41) is 10.6. The van der Waals surface area contributed by atoms with E-state index in [1.54, 1.807) is 25.3 Å². The number of amides is 1. The summed E-state index contributed by atoms with van der Waals surface area (Å²) in [4.78, 5) is 16.9. The highest BCUT2D eigenvalue weighted by Gasteiger charge is 2.33. The van der Waals surface area contributed by atoms with Crippen LogP contribution >= 0.6 is 11.6 Å². The molecule has 2 fully saturated rings. The highest BCUT2D eigenvalue weighted by molar-refractivity contribution is 6.30. The summed E-state index contributed by atoms with van der Waals surface area (Å²) in [6, 6.07) is 5.36. The molecule has 1 aliphatic heterocycles. The van der Waals surface area contributed by atoms with Crippen LogP contribution in [0.2, 0.25) is 5.02 Å². The van der Waals surface area contributed by atoms with E-state index in [9.17, 15) is 9.90 Å². The van der Waals surface area contributed by atoms with Gasteiger partial charge in [0.15, 0.2) is 0 Å². The molecule has 0 bridgehead atoms. The first-order valence-corrected chi connectivity index (χ1v) is 8.53. The molecular weight excluding hydrogens is 316 g/mol. The van der Waals surface area contributed by atoms with Gasteiger partial charge >= 0.3 is 0 Å². The van der Waals surface area contributed by atoms with Crippen molar-refractivity contribution < 1.29 is 14.6 Å². The average Bonchev–Trinajstić information content (AvgIpc) is 3.00. The molecule has 23 heavy (non-hydrogen) atoms. The maximum absolute atomic E-state index is 12.7. The molecule has 126 valence electrons. The fourth-order valence-corrected chi connectivity index (χ4v) is 3.78. The van der Waals surface area contributed by atoms with Gasteiger partial charge in [-0.3, -0.25) is 9.69 Å². The Hall–Kier alpha value is -1.30. The quantitative estimate of drug-likeness (QED) is 0.916. The van der Waals surface area contributed by atoms with Crippen LogP contribution in [0.15, 0.2) is 18.2 Å². The third kappa shape index (κ3) is 3.47. The summed E-state index contributed by atoms with van der Waals surface area (Å²) >= 11 is 5.96. The van der Waals surface area contributed by atoms with E-state index in [4.69, 9.17) is 16.3 Å². The van der Waals surface area contributed by atoms with Crippen LogP contribution in [0.25, 0.3) is 0 Å². The van der Waals surface area contributed by atoms with Gasteiger partial charge in [-0.2, -0.15) is 0 Å². The van der Waals surface area contributed by atoms with E-state index >= 15 is 0 Å². The number of hydrogen-bond donors (Lipinski definition) is 1. The summed E-state index contributed by atoms with van der Waals surface area (Å²) < 4.78 is 5.28. The Morgan fingerprint density at radius 1 is 1.26 bits per heavy atom. The SMILES string of the molecule is COc1cc(Cl)ccc1C(=O)N1CCN([C@@H]2CCC[C@@H]2O)CC1. The molecule has 1 saturated heterocycles. The van der Waals surface area contributed by atoms with Gasteiger partial charge in [0.25, 0.3) is 5.91 Å². The lowest BCUT2D eigenvalue weighted by molar-refractivity contribution is 0.0314. The fourth-order valence-electron chi connectivity index (χ4n) is 3.62. The summed E-state index contributed by atoms with van der Waals surface area (Å²) in [6.45, 7) is 2.97. The molecule has 5 nitrogen and oxygen atoms in total. The van der Waals surface area contributed by atoms with Crippen LogP contribution in [0.5, 0.6) is 5.75 Å². The third-order valence-electron chi connectivity index (χ3n) is 4.91. The van der Waals surface area contributed by atoms with E-state index in [0.717, 1.165) is 32.4 Å². The molecule has 0 radical (unpaired) electrons. The number of aliphatic hydroxyl groups excluding tert-OH is 1. The summed E-state index contributed by atoms with van der Waals surface area (Å²) in [5.41, 5.74) is 0.547. The third-order valence-corrected chi connectivity index (χ3v) is 5.14. The van der Waals surface area contributed by atoms with Crippen molar-refractivity contribution in [3.63, 3.8) is 0 Å². The standard InChI is InChI=1S/C17H23ClN2O3/c1-23-16-11-12(18)5-6-13(16)17(22)20-9-7-19(8-10-20)14-3-2-4-15(14)21/h5-6,11,14-15,21H,2-4,7-10H2,1H3/t14-,15+/m1/s1. The number of aliphatic hydroxyl groups is 1. The Kier molecular flexibility index (Phi) is 5.09. The molecule has 1 N–H and O–H groups in total. The first-order valence-electron chi connectivity index (χ1n) is 8.15. The Morgan fingerprint density at radius 3 is 2.61 bits per heavy atom. The highest BCUT2D eigenvalue weighted by atomic mass is 35.5. The molecule has 3 rings (SSSR count). The lowest BCUT2D eigenvalue weighted by atomic mass is 10.1. The van der Waals surface area contributed by atoms with Gasteiger partial charge < -0.3 is 14.7 Å². The molecule has 2 atom stereocenters. The number of nitrogens with zero attached hydrogens (tertiary/aromatic N) is 2. The number of carbonyl (C=O) groups is 1. The smallest absolute Gasteiger partial charge is 0.257 e. The molecule has 1 saturated carbocycles. The number of benzene rings is 1. The second kappa shape index (κ2) is 7.07. The van der Waals surface area contributed by atoms with Crippen molar-refractivity contribution >= 4 is 17.5 Å². The van der Waals surface area contributed by atoms with Crippen LogP contribution in [0.1, 0.15) is 29.6 Å². The molecule has 1 aromatic carbocycles. The molecule has 0 unspecified atom stereocenters. The predicted octanol–water partition coefficient (Wildman–Crippen LogP) is 2.02. The van der Waals surface area contributed by atoms with Crippen molar-refractivity contribution in [1.82, 2.24) is 9.80 Å². The van der Waals surface area contributed by atoms with Gasteiger partial charge in [-0.15, -0.1) is 0 Å². The van der Waals surface area contributed by atoms with E-state index in [2.05, 4.69) is 4.90 Å². The van der Waals surface area contributed by atoms with E-state index in [0.29, 0.717) is 29.4 Å². The Balaban J connectivity index is 1.64. The van der Waals surface area contributed by atoms with E-state index < -0.39 is 0 Å². The normalized spacial score (nSPS) is 25.6. The molecule has 6 heteroatoms. The zero-order chi connectivity index (χ0) is 16.4. The minimum Gasteiger partial charge on any atom is -0.496 e. The van der Waals surface area contributed by atoms with Gasteiger partial charge in [-0.25, -0.2) is 0 Å². The Bertz CT molecular complexity index is 573. The monoisotopic (exact) mass is 338 g/mol. The van der Waals surface area contributed by atoms with Crippen LogP contribution < -0.4 is 4.74 Å². The molecule has 0 aromatic heterocycles. The molecule has 2 aliphatic rings. The van der Waals surface area contributed by atoms with Crippen molar-refractivity contribution in [3.8, 4) is 5.75 Å². The van der Waals surface area contributed by atoms with Crippen LogP contribution in [0, 0.1) is 0 Å². The van der Waals surface area contributed by atoms with Crippen LogP contribution in [-0.4, -0.2) is 66.2 Å². The van der Waals surface area contributed by atoms with Gasteiger partial charge in [0, 0.05) is 37.2 Å². The minimum atomic E-state index is -0.214. The van der Waals surface area contributed by atoms with Gasteiger partial charge in [0.2, 0.25) is 0 Å². The molecule has 1 amide bonds. The molecule has 1 aliphatic carbocycles. The first kappa shape index (κ1) is 16.6. The number of rotatable bonds is 3. The number of ether oxygens (including phenoxy) is 1. The van der Waals surface area contributed by atoms with Gasteiger partial charge in [0.05, 0.1) is 18.8 Å². The average molecular weight is 339 g/mol. The van der Waals surface area contributed by atoms with Crippen LogP contribution in [0.4, 0.5) is 0 Å². The zero-order valence-corrected chi connectivity index (χ0v) is 14.1. The van der Waals surface area contributed by atoms with Gasteiger partial charge in [-0.05, 0) is 37.5 Å². The number of hydrogen-bond acceptors (Lipinski definition) is 4. The summed E-state index contributed by atoms with van der Waals surface area (Å²) in [5.74, 6) is 0.487. The molecule has 1 heterocycles. The summed E-state index contributed by atoms with van der Waals surface area (Å²) in [7, 11) is 1.54. The summed E-state index contributed by atoms with van der Waals surface area (Å²) in [6.07, 6.45) is 2.83. The fraction of sp³-hybridized carbons (Fsp3) is 0.588. The number of piperazine rings is 1. The highest BCUT2D eigenvalue weighted by Crippen LogP contribution is 2.27. The minimum absolute atomic E-state index is 0.0230. The number of carbonyl (C=O) groups excluding carboxylic acids is 1. The number of halogens is 1. The zero-order valence-electron chi connectivity index (χ0n) is 13.4. The Morgan fingerprint density at radius 2 is 2.00 bits per heavy atom. The van der Waals surface area contributed by atoms with Gasteiger partial charge in [0.1, 0.15) is 5.75 Å². The maximum atomic E-state index is 12.7. The predicted molar refractivity (Wildman–Crippen MR) is 89.1 cm³/mol. The second-order valence-electron chi connectivity index (χ2n) is 6.24. The van der Waals surface area contributed by atoms with Crippen molar-refractivity contribution in [3.05, 3.63) is 28.8 Å². The van der Waals surface area contributed by atoms with Crippen LogP contribution in [0.3, 0.4) is 0 Å². The van der Waals surface area contributed by atoms with E-state index in [-0.39, 0.29) is 18.1 Å².